The smallest absolute Gasteiger partial charge is 0.276 e. The Morgan fingerprint density at radius 1 is 1.54 bits per heavy atom. The van der Waals surface area contributed by atoms with Crippen LogP contribution in [0, 0.1) is 0 Å². The van der Waals surface area contributed by atoms with Gasteiger partial charge in [0.15, 0.2) is 5.69 Å². The molecule has 1 aromatic heterocycles. The largest absolute Gasteiger partial charge is 0.368 e. The maximum absolute atomic E-state index is 11.6. The van der Waals surface area contributed by atoms with Gasteiger partial charge in [-0.15, -0.1) is 0 Å². The van der Waals surface area contributed by atoms with Crippen molar-refractivity contribution in [1.82, 2.24) is 10.1 Å². The maximum atomic E-state index is 11.6. The summed E-state index contributed by atoms with van der Waals surface area (Å²) < 4.78 is 4.63. The van der Waals surface area contributed by atoms with Gasteiger partial charge in [0.1, 0.15) is 0 Å². The zero-order valence-corrected chi connectivity index (χ0v) is 7.19. The first-order valence-corrected chi connectivity index (χ1v) is 4.29. The third-order valence-electron chi connectivity index (χ3n) is 2.14. The van der Waals surface area contributed by atoms with E-state index in [4.69, 9.17) is 5.73 Å². The minimum atomic E-state index is -0.0852. The van der Waals surface area contributed by atoms with E-state index in [9.17, 15) is 4.79 Å². The summed E-state index contributed by atoms with van der Waals surface area (Å²) in [5.74, 6) is 0.0977. The first-order valence-electron chi connectivity index (χ1n) is 4.29. The Labute approximate surface area is 75.5 Å². The third-order valence-corrected chi connectivity index (χ3v) is 2.14. The number of likely N-dealkylation sites (tertiary alicyclic amines) is 1. The molecular weight excluding hydrogens is 170 g/mol. The normalized spacial score (nSPS) is 16.5. The van der Waals surface area contributed by atoms with E-state index in [1.165, 1.54) is 6.07 Å². The molecule has 1 aromatic rings. The molecule has 0 aromatic carbocycles. The van der Waals surface area contributed by atoms with E-state index in [1.54, 1.807) is 4.90 Å². The van der Waals surface area contributed by atoms with Crippen LogP contribution in [0.15, 0.2) is 10.6 Å². The number of aromatic nitrogens is 1. The Morgan fingerprint density at radius 3 is 2.77 bits per heavy atom. The molecule has 0 unspecified atom stereocenters. The number of carbonyl (C=O) groups is 1. The fourth-order valence-corrected chi connectivity index (χ4v) is 1.47. The van der Waals surface area contributed by atoms with Gasteiger partial charge in [-0.3, -0.25) is 4.79 Å². The highest BCUT2D eigenvalue weighted by Gasteiger charge is 2.21. The number of nitrogen functional groups attached to an aromatic ring is 1. The SMILES string of the molecule is Nc1cc(C(=O)N2CCCC2)no1. The fraction of sp³-hybridized carbons (Fsp3) is 0.500. The number of nitrogens with two attached hydrogens (primary N) is 1. The van der Waals surface area contributed by atoms with Gasteiger partial charge in [-0.2, -0.15) is 0 Å². The fourth-order valence-electron chi connectivity index (χ4n) is 1.47. The van der Waals surface area contributed by atoms with Gasteiger partial charge in [0.25, 0.3) is 5.91 Å². The van der Waals surface area contributed by atoms with Gasteiger partial charge >= 0.3 is 0 Å². The molecule has 70 valence electrons. The van der Waals surface area contributed by atoms with Crippen molar-refractivity contribution < 1.29 is 9.32 Å². The highest BCUT2D eigenvalue weighted by Crippen LogP contribution is 2.13. The van der Waals surface area contributed by atoms with E-state index in [0.29, 0.717) is 5.69 Å². The van der Waals surface area contributed by atoms with Crippen molar-refractivity contribution in [2.75, 3.05) is 18.8 Å². The van der Waals surface area contributed by atoms with Crippen LogP contribution >= 0.6 is 0 Å². The van der Waals surface area contributed by atoms with Gasteiger partial charge in [0, 0.05) is 19.2 Å². The summed E-state index contributed by atoms with van der Waals surface area (Å²) in [6.07, 6.45) is 2.14. The number of nitrogens with zero attached hydrogens (tertiary/aromatic N) is 2. The van der Waals surface area contributed by atoms with E-state index in [0.717, 1.165) is 25.9 Å². The molecule has 5 heteroatoms. The topological polar surface area (TPSA) is 72.4 Å². The number of rotatable bonds is 1. The average molecular weight is 181 g/mol. The van der Waals surface area contributed by atoms with Crippen LogP contribution in [0.1, 0.15) is 23.3 Å². The van der Waals surface area contributed by atoms with Gasteiger partial charge in [0.2, 0.25) is 5.88 Å². The standard InChI is InChI=1S/C8H11N3O2/c9-7-5-6(10-13-7)8(12)11-3-1-2-4-11/h5H,1-4,9H2. The second-order valence-electron chi connectivity index (χ2n) is 3.11. The zero-order valence-electron chi connectivity index (χ0n) is 7.19. The van der Waals surface area contributed by atoms with E-state index in [2.05, 4.69) is 9.68 Å². The van der Waals surface area contributed by atoms with Crippen LogP contribution in [0.5, 0.6) is 0 Å². The summed E-state index contributed by atoms with van der Waals surface area (Å²) in [6.45, 7) is 1.62. The van der Waals surface area contributed by atoms with E-state index < -0.39 is 0 Å². The Bertz CT molecular complexity index is 315. The monoisotopic (exact) mass is 181 g/mol. The molecule has 1 amide bonds. The van der Waals surface area contributed by atoms with Crippen molar-refractivity contribution in [2.45, 2.75) is 12.8 Å². The van der Waals surface area contributed by atoms with E-state index >= 15 is 0 Å². The first kappa shape index (κ1) is 8.10. The molecule has 1 aliphatic rings. The Balaban J connectivity index is 2.12. The van der Waals surface area contributed by atoms with Crippen LogP contribution < -0.4 is 5.73 Å². The van der Waals surface area contributed by atoms with Crippen molar-refractivity contribution in [2.24, 2.45) is 0 Å². The molecule has 0 bridgehead atoms. The summed E-state index contributed by atoms with van der Waals surface area (Å²) in [5, 5.41) is 3.57. The van der Waals surface area contributed by atoms with Crippen molar-refractivity contribution in [3.05, 3.63) is 11.8 Å². The van der Waals surface area contributed by atoms with Crippen LogP contribution in [0.2, 0.25) is 0 Å². The van der Waals surface area contributed by atoms with Crippen LogP contribution in [-0.2, 0) is 0 Å². The molecule has 2 rings (SSSR count). The molecule has 0 atom stereocenters. The number of hydrogen-bond donors (Lipinski definition) is 1. The van der Waals surface area contributed by atoms with Gasteiger partial charge in [-0.25, -0.2) is 0 Å². The molecule has 2 N–H and O–H groups in total. The van der Waals surface area contributed by atoms with Crippen molar-refractivity contribution in [3.63, 3.8) is 0 Å². The predicted octanol–water partition coefficient (Wildman–Crippen LogP) is 0.493. The lowest BCUT2D eigenvalue weighted by atomic mass is 10.4. The van der Waals surface area contributed by atoms with Gasteiger partial charge in [-0.05, 0) is 12.8 Å². The number of amides is 1. The molecule has 1 fully saturated rings. The second kappa shape index (κ2) is 3.08. The molecule has 5 nitrogen and oxygen atoms in total. The van der Waals surface area contributed by atoms with Crippen LogP contribution in [0.4, 0.5) is 5.88 Å². The Hall–Kier alpha value is -1.52. The summed E-state index contributed by atoms with van der Waals surface area (Å²) in [7, 11) is 0. The van der Waals surface area contributed by atoms with Crippen LogP contribution in [0.25, 0.3) is 0 Å². The van der Waals surface area contributed by atoms with Crippen molar-refractivity contribution >= 4 is 11.8 Å². The lowest BCUT2D eigenvalue weighted by Crippen LogP contribution is -2.27. The molecule has 0 saturated carbocycles. The summed E-state index contributed by atoms with van der Waals surface area (Å²) in [6, 6.07) is 1.46. The van der Waals surface area contributed by atoms with E-state index in [-0.39, 0.29) is 11.8 Å². The molecule has 0 spiro atoms. The minimum absolute atomic E-state index is 0.0852. The first-order chi connectivity index (χ1) is 6.27. The average Bonchev–Trinajstić information content (AvgIpc) is 2.72. The number of hydrogen-bond acceptors (Lipinski definition) is 4. The summed E-state index contributed by atoms with van der Waals surface area (Å²) in [4.78, 5) is 13.4. The van der Waals surface area contributed by atoms with Crippen molar-refractivity contribution in [3.8, 4) is 0 Å². The van der Waals surface area contributed by atoms with Gasteiger partial charge < -0.3 is 15.2 Å². The Kier molecular flexibility index (Phi) is 1.92. The lowest BCUT2D eigenvalue weighted by Gasteiger charge is -2.11. The maximum Gasteiger partial charge on any atom is 0.276 e. The summed E-state index contributed by atoms with van der Waals surface area (Å²) >= 11 is 0. The highest BCUT2D eigenvalue weighted by atomic mass is 16.5. The summed E-state index contributed by atoms with van der Waals surface area (Å²) in [5.41, 5.74) is 5.62. The van der Waals surface area contributed by atoms with Gasteiger partial charge in [-0.1, -0.05) is 5.16 Å². The van der Waals surface area contributed by atoms with Crippen molar-refractivity contribution in [1.29, 1.82) is 0 Å². The van der Waals surface area contributed by atoms with Gasteiger partial charge in [0.05, 0.1) is 0 Å². The zero-order chi connectivity index (χ0) is 9.26. The molecular formula is C8H11N3O2. The Morgan fingerprint density at radius 2 is 2.23 bits per heavy atom. The molecule has 1 saturated heterocycles. The lowest BCUT2D eigenvalue weighted by molar-refractivity contribution is 0.0782. The number of carbonyl (C=O) groups excluding carboxylic acids is 1. The second-order valence-corrected chi connectivity index (χ2v) is 3.11. The molecule has 0 radical (unpaired) electrons. The number of anilines is 1. The quantitative estimate of drug-likeness (QED) is 0.684. The van der Waals surface area contributed by atoms with Crippen LogP contribution in [0.3, 0.4) is 0 Å². The third kappa shape index (κ3) is 1.49. The van der Waals surface area contributed by atoms with Crippen LogP contribution in [-0.4, -0.2) is 29.1 Å². The van der Waals surface area contributed by atoms with E-state index in [1.807, 2.05) is 0 Å². The molecule has 13 heavy (non-hydrogen) atoms. The predicted molar refractivity (Wildman–Crippen MR) is 46.1 cm³/mol. The molecule has 2 heterocycles. The minimum Gasteiger partial charge on any atom is -0.368 e. The molecule has 1 aliphatic heterocycles. The highest BCUT2D eigenvalue weighted by molar-refractivity contribution is 5.92. The molecule has 0 aliphatic carbocycles.